The Morgan fingerprint density at radius 1 is 1.60 bits per heavy atom. The summed E-state index contributed by atoms with van der Waals surface area (Å²) < 4.78 is 10.3. The molecule has 0 fully saturated rings. The third-order valence-corrected chi connectivity index (χ3v) is 1.93. The second-order valence-corrected chi connectivity index (χ2v) is 3.21. The highest BCUT2D eigenvalue weighted by molar-refractivity contribution is 5.66. The van der Waals surface area contributed by atoms with Crippen molar-refractivity contribution in [1.29, 1.82) is 0 Å². The monoisotopic (exact) mass is 213 g/mol. The Bertz CT molecular complexity index is 308. The first-order chi connectivity index (χ1) is 7.22. The molecule has 1 rings (SSSR count). The molecule has 1 heterocycles. The molecule has 0 bridgehead atoms. The van der Waals surface area contributed by atoms with E-state index in [1.165, 1.54) is 0 Å². The lowest BCUT2D eigenvalue weighted by Gasteiger charge is -1.95. The lowest BCUT2D eigenvalue weighted by atomic mass is 10.3. The molecule has 5 nitrogen and oxygen atoms in total. The van der Waals surface area contributed by atoms with Gasteiger partial charge in [-0.1, -0.05) is 0 Å². The Kier molecular flexibility index (Phi) is 4.83. The van der Waals surface area contributed by atoms with Crippen LogP contribution < -0.4 is 0 Å². The number of nitrogens with zero attached hydrogens (tertiary/aromatic N) is 1. The van der Waals surface area contributed by atoms with Gasteiger partial charge >= 0.3 is 5.97 Å². The summed E-state index contributed by atoms with van der Waals surface area (Å²) in [4.78, 5) is 14.4. The molecule has 0 unspecified atom stereocenters. The number of carboxylic acid groups (broad SMARTS) is 1. The van der Waals surface area contributed by atoms with Gasteiger partial charge in [0.05, 0.1) is 12.6 Å². The van der Waals surface area contributed by atoms with Crippen LogP contribution in [-0.2, 0) is 22.4 Å². The van der Waals surface area contributed by atoms with E-state index in [0.717, 1.165) is 12.8 Å². The molecule has 0 amide bonds. The Morgan fingerprint density at radius 2 is 2.40 bits per heavy atom. The number of aryl methyl sites for hydroxylation is 2. The minimum Gasteiger partial charge on any atom is -0.481 e. The summed E-state index contributed by atoms with van der Waals surface area (Å²) in [6, 6.07) is 0. The zero-order valence-electron chi connectivity index (χ0n) is 8.73. The zero-order valence-corrected chi connectivity index (χ0v) is 8.73. The molecule has 15 heavy (non-hydrogen) atoms. The number of methoxy groups -OCH3 is 1. The Hall–Kier alpha value is -1.36. The van der Waals surface area contributed by atoms with Crippen molar-refractivity contribution in [3.63, 3.8) is 0 Å². The summed E-state index contributed by atoms with van der Waals surface area (Å²) in [6.07, 6.45) is 3.64. The summed E-state index contributed by atoms with van der Waals surface area (Å²) in [5, 5.41) is 8.48. The molecule has 84 valence electrons. The van der Waals surface area contributed by atoms with Gasteiger partial charge in [-0.2, -0.15) is 0 Å². The van der Waals surface area contributed by atoms with Crippen LogP contribution in [0.4, 0.5) is 0 Å². The normalized spacial score (nSPS) is 10.5. The summed E-state index contributed by atoms with van der Waals surface area (Å²) in [7, 11) is 1.65. The third kappa shape index (κ3) is 4.60. The van der Waals surface area contributed by atoms with Crippen molar-refractivity contribution in [2.75, 3.05) is 13.7 Å². The standard InChI is InChI=1S/C10H15NO4/c1-14-6-2-3-9-11-7-8(15-9)4-5-10(12)13/h7H,2-6H2,1H3,(H,12,13). The SMILES string of the molecule is COCCCc1ncc(CCC(=O)O)o1. The van der Waals surface area contributed by atoms with E-state index >= 15 is 0 Å². The van der Waals surface area contributed by atoms with Gasteiger partial charge in [0.1, 0.15) is 5.76 Å². The first-order valence-electron chi connectivity index (χ1n) is 4.86. The molecular formula is C10H15NO4. The fourth-order valence-corrected chi connectivity index (χ4v) is 1.18. The van der Waals surface area contributed by atoms with Gasteiger partial charge in [-0.25, -0.2) is 4.98 Å². The second-order valence-electron chi connectivity index (χ2n) is 3.21. The van der Waals surface area contributed by atoms with E-state index in [9.17, 15) is 4.79 Å². The van der Waals surface area contributed by atoms with Crippen molar-refractivity contribution in [3.8, 4) is 0 Å². The first kappa shape index (κ1) is 11.7. The highest BCUT2D eigenvalue weighted by Gasteiger charge is 2.05. The third-order valence-electron chi connectivity index (χ3n) is 1.93. The molecule has 0 saturated heterocycles. The highest BCUT2D eigenvalue weighted by atomic mass is 16.5. The zero-order chi connectivity index (χ0) is 11.1. The molecule has 0 aliphatic rings. The van der Waals surface area contributed by atoms with Gasteiger partial charge in [0.15, 0.2) is 5.89 Å². The van der Waals surface area contributed by atoms with Gasteiger partial charge in [-0.3, -0.25) is 4.79 Å². The summed E-state index contributed by atoms with van der Waals surface area (Å²) >= 11 is 0. The molecule has 0 aliphatic carbocycles. The maximum Gasteiger partial charge on any atom is 0.303 e. The molecule has 0 spiro atoms. The van der Waals surface area contributed by atoms with E-state index in [0.29, 0.717) is 24.7 Å². The molecule has 1 N–H and O–H groups in total. The highest BCUT2D eigenvalue weighted by Crippen LogP contribution is 2.08. The number of aliphatic carboxylic acids is 1. The summed E-state index contributed by atoms with van der Waals surface area (Å²) in [5.74, 6) is 0.449. The molecule has 0 aliphatic heterocycles. The van der Waals surface area contributed by atoms with Crippen LogP contribution in [0.15, 0.2) is 10.6 Å². The van der Waals surface area contributed by atoms with Crippen LogP contribution in [0, 0.1) is 0 Å². The molecule has 0 atom stereocenters. The van der Waals surface area contributed by atoms with Crippen LogP contribution >= 0.6 is 0 Å². The molecule has 0 radical (unpaired) electrons. The first-order valence-corrected chi connectivity index (χ1v) is 4.86. The van der Waals surface area contributed by atoms with E-state index in [-0.39, 0.29) is 6.42 Å². The minimum absolute atomic E-state index is 0.0761. The maximum atomic E-state index is 10.3. The molecule has 1 aromatic heterocycles. The van der Waals surface area contributed by atoms with Crippen molar-refractivity contribution in [1.82, 2.24) is 4.98 Å². The van der Waals surface area contributed by atoms with Crippen LogP contribution in [0.3, 0.4) is 0 Å². The quantitative estimate of drug-likeness (QED) is 0.690. The molecule has 5 heteroatoms. The van der Waals surface area contributed by atoms with Gasteiger partial charge in [0, 0.05) is 26.6 Å². The van der Waals surface area contributed by atoms with Crippen LogP contribution in [0.1, 0.15) is 24.5 Å². The van der Waals surface area contributed by atoms with Gasteiger partial charge in [-0.15, -0.1) is 0 Å². The number of ether oxygens (including phenoxy) is 1. The lowest BCUT2D eigenvalue weighted by molar-refractivity contribution is -0.137. The van der Waals surface area contributed by atoms with Crippen LogP contribution in [-0.4, -0.2) is 29.8 Å². The predicted molar refractivity (Wildman–Crippen MR) is 52.7 cm³/mol. The Morgan fingerprint density at radius 3 is 3.07 bits per heavy atom. The predicted octanol–water partition coefficient (Wildman–Crippen LogP) is 1.27. The minimum atomic E-state index is -0.827. The van der Waals surface area contributed by atoms with E-state index in [1.54, 1.807) is 13.3 Å². The Labute approximate surface area is 88.1 Å². The van der Waals surface area contributed by atoms with Gasteiger partial charge in [-0.05, 0) is 6.42 Å². The second kappa shape index (κ2) is 6.19. The van der Waals surface area contributed by atoms with E-state index < -0.39 is 5.97 Å². The average molecular weight is 213 g/mol. The summed E-state index contributed by atoms with van der Waals surface area (Å²) in [6.45, 7) is 0.673. The fraction of sp³-hybridized carbons (Fsp3) is 0.600. The fourth-order valence-electron chi connectivity index (χ4n) is 1.18. The van der Waals surface area contributed by atoms with Crippen molar-refractivity contribution in [2.45, 2.75) is 25.7 Å². The van der Waals surface area contributed by atoms with E-state index in [2.05, 4.69) is 4.98 Å². The van der Waals surface area contributed by atoms with Crippen molar-refractivity contribution in [2.24, 2.45) is 0 Å². The van der Waals surface area contributed by atoms with Crippen LogP contribution in [0.25, 0.3) is 0 Å². The number of aromatic nitrogens is 1. The van der Waals surface area contributed by atoms with Crippen molar-refractivity contribution < 1.29 is 19.1 Å². The number of carbonyl (C=O) groups is 1. The largest absolute Gasteiger partial charge is 0.481 e. The maximum absolute atomic E-state index is 10.3. The van der Waals surface area contributed by atoms with E-state index in [4.69, 9.17) is 14.3 Å². The van der Waals surface area contributed by atoms with Crippen LogP contribution in [0.5, 0.6) is 0 Å². The molecular weight excluding hydrogens is 198 g/mol. The number of hydrogen-bond donors (Lipinski definition) is 1. The smallest absolute Gasteiger partial charge is 0.303 e. The molecule has 0 aromatic carbocycles. The average Bonchev–Trinajstić information content (AvgIpc) is 2.63. The lowest BCUT2D eigenvalue weighted by Crippen LogP contribution is -1.96. The van der Waals surface area contributed by atoms with Gasteiger partial charge in [0.2, 0.25) is 0 Å². The summed E-state index contributed by atoms with van der Waals surface area (Å²) in [5.41, 5.74) is 0. The molecule has 1 aromatic rings. The number of hydrogen-bond acceptors (Lipinski definition) is 4. The number of carboxylic acids is 1. The topological polar surface area (TPSA) is 72.6 Å². The van der Waals surface area contributed by atoms with Crippen LogP contribution in [0.2, 0.25) is 0 Å². The van der Waals surface area contributed by atoms with Gasteiger partial charge < -0.3 is 14.3 Å². The number of oxazole rings is 1. The van der Waals surface area contributed by atoms with Crippen molar-refractivity contribution >= 4 is 5.97 Å². The van der Waals surface area contributed by atoms with Crippen molar-refractivity contribution in [3.05, 3.63) is 17.8 Å². The van der Waals surface area contributed by atoms with E-state index in [1.807, 2.05) is 0 Å². The Balaban J connectivity index is 2.32. The number of rotatable bonds is 7. The molecule has 0 saturated carbocycles. The van der Waals surface area contributed by atoms with Gasteiger partial charge in [0.25, 0.3) is 0 Å².